The normalized spacial score (nSPS) is 17.6. The van der Waals surface area contributed by atoms with E-state index in [4.69, 9.17) is 4.52 Å². The highest BCUT2D eigenvalue weighted by Gasteiger charge is 2.32. The number of amides is 2. The molecule has 6 nitrogen and oxygen atoms in total. The molecule has 0 spiro atoms. The van der Waals surface area contributed by atoms with E-state index in [-0.39, 0.29) is 23.3 Å². The summed E-state index contributed by atoms with van der Waals surface area (Å²) in [6, 6.07) is 7.56. The monoisotopic (exact) mass is 445 g/mol. The molecule has 0 bridgehead atoms. The van der Waals surface area contributed by atoms with E-state index in [0.29, 0.717) is 18.7 Å². The van der Waals surface area contributed by atoms with Crippen LogP contribution >= 0.6 is 15.9 Å². The van der Waals surface area contributed by atoms with Crippen LogP contribution in [0.15, 0.2) is 33.3 Å². The number of nitrogens with zero attached hydrogens (tertiary/aromatic N) is 3. The molecule has 2 fully saturated rings. The number of likely N-dealkylation sites (tertiary alicyclic amines) is 2. The predicted molar refractivity (Wildman–Crippen MR) is 109 cm³/mol. The average Bonchev–Trinajstić information content (AvgIpc) is 3.19. The first-order valence-corrected chi connectivity index (χ1v) is 10.8. The SMILES string of the molecule is O=C(c1noc(C(=O)N2CCCCC2)c1-c1ccc(Br)cc1)N1CCCCC1. The van der Waals surface area contributed by atoms with Gasteiger partial charge in [-0.2, -0.15) is 0 Å². The molecule has 4 rings (SSSR count). The summed E-state index contributed by atoms with van der Waals surface area (Å²) >= 11 is 3.44. The largest absolute Gasteiger partial charge is 0.350 e. The maximum absolute atomic E-state index is 13.1. The molecule has 0 unspecified atom stereocenters. The van der Waals surface area contributed by atoms with Crippen LogP contribution in [0.3, 0.4) is 0 Å². The maximum atomic E-state index is 13.1. The quantitative estimate of drug-likeness (QED) is 0.703. The number of benzene rings is 1. The fourth-order valence-electron chi connectivity index (χ4n) is 3.95. The van der Waals surface area contributed by atoms with Crippen LogP contribution in [0.1, 0.15) is 59.6 Å². The van der Waals surface area contributed by atoms with Crippen molar-refractivity contribution < 1.29 is 14.1 Å². The van der Waals surface area contributed by atoms with E-state index in [9.17, 15) is 9.59 Å². The summed E-state index contributed by atoms with van der Waals surface area (Å²) in [7, 11) is 0. The summed E-state index contributed by atoms with van der Waals surface area (Å²) < 4.78 is 6.44. The van der Waals surface area contributed by atoms with Gasteiger partial charge in [0, 0.05) is 30.7 Å². The first-order chi connectivity index (χ1) is 13.6. The summed E-state index contributed by atoms with van der Waals surface area (Å²) in [4.78, 5) is 29.9. The molecule has 2 aromatic rings. The molecule has 3 heterocycles. The summed E-state index contributed by atoms with van der Waals surface area (Å²) in [5.74, 6) is -0.161. The smallest absolute Gasteiger partial charge is 0.293 e. The highest BCUT2D eigenvalue weighted by Crippen LogP contribution is 2.32. The number of rotatable bonds is 3. The van der Waals surface area contributed by atoms with Crippen LogP contribution in [-0.4, -0.2) is 52.9 Å². The van der Waals surface area contributed by atoms with Gasteiger partial charge in [-0.3, -0.25) is 9.59 Å². The van der Waals surface area contributed by atoms with Crippen LogP contribution in [-0.2, 0) is 0 Å². The number of carbonyl (C=O) groups is 2. The summed E-state index contributed by atoms with van der Waals surface area (Å²) in [6.07, 6.45) is 6.26. The van der Waals surface area contributed by atoms with Gasteiger partial charge in [0.15, 0.2) is 5.69 Å². The Morgan fingerprint density at radius 3 is 1.93 bits per heavy atom. The lowest BCUT2D eigenvalue weighted by Crippen LogP contribution is -2.36. The van der Waals surface area contributed by atoms with E-state index in [1.165, 1.54) is 0 Å². The van der Waals surface area contributed by atoms with Gasteiger partial charge in [-0.15, -0.1) is 0 Å². The first-order valence-electron chi connectivity index (χ1n) is 9.99. The number of aromatic nitrogens is 1. The minimum Gasteiger partial charge on any atom is -0.350 e. The number of halogens is 1. The molecule has 0 aliphatic carbocycles. The number of hydrogen-bond donors (Lipinski definition) is 0. The molecule has 2 amide bonds. The van der Waals surface area contributed by atoms with Crippen molar-refractivity contribution in [2.75, 3.05) is 26.2 Å². The van der Waals surface area contributed by atoms with Gasteiger partial charge >= 0.3 is 0 Å². The molecule has 0 radical (unpaired) electrons. The molecular weight excluding hydrogens is 422 g/mol. The van der Waals surface area contributed by atoms with E-state index >= 15 is 0 Å². The van der Waals surface area contributed by atoms with Crippen molar-refractivity contribution in [1.29, 1.82) is 0 Å². The zero-order chi connectivity index (χ0) is 19.5. The molecule has 148 valence electrons. The minimum absolute atomic E-state index is 0.154. The molecule has 0 N–H and O–H groups in total. The van der Waals surface area contributed by atoms with Gasteiger partial charge in [0.05, 0.1) is 5.56 Å². The fraction of sp³-hybridized carbons (Fsp3) is 0.476. The highest BCUT2D eigenvalue weighted by molar-refractivity contribution is 9.10. The molecule has 1 aromatic carbocycles. The Morgan fingerprint density at radius 2 is 1.36 bits per heavy atom. The highest BCUT2D eigenvalue weighted by atomic mass is 79.9. The third-order valence-electron chi connectivity index (χ3n) is 5.51. The Kier molecular flexibility index (Phi) is 5.80. The molecule has 0 atom stereocenters. The van der Waals surface area contributed by atoms with Crippen LogP contribution in [0, 0.1) is 0 Å². The summed E-state index contributed by atoms with van der Waals surface area (Å²) in [6.45, 7) is 2.88. The predicted octanol–water partition coefficient (Wildman–Crippen LogP) is 4.36. The Morgan fingerprint density at radius 1 is 0.821 bits per heavy atom. The lowest BCUT2D eigenvalue weighted by Gasteiger charge is -2.26. The van der Waals surface area contributed by atoms with E-state index in [1.54, 1.807) is 0 Å². The van der Waals surface area contributed by atoms with Gasteiger partial charge < -0.3 is 14.3 Å². The molecule has 0 saturated carbocycles. The van der Waals surface area contributed by atoms with Gasteiger partial charge in [-0.1, -0.05) is 33.2 Å². The molecule has 2 aliphatic rings. The van der Waals surface area contributed by atoms with Crippen LogP contribution in [0.4, 0.5) is 0 Å². The van der Waals surface area contributed by atoms with Crippen LogP contribution < -0.4 is 0 Å². The maximum Gasteiger partial charge on any atom is 0.293 e. The second-order valence-corrected chi connectivity index (χ2v) is 8.36. The molecular formula is C21H24BrN3O3. The Labute approximate surface area is 173 Å². The lowest BCUT2D eigenvalue weighted by atomic mass is 10.0. The molecule has 2 saturated heterocycles. The minimum atomic E-state index is -0.178. The number of carbonyl (C=O) groups excluding carboxylic acids is 2. The van der Waals surface area contributed by atoms with Gasteiger partial charge in [0.25, 0.3) is 11.8 Å². The molecule has 1 aromatic heterocycles. The zero-order valence-electron chi connectivity index (χ0n) is 15.8. The van der Waals surface area contributed by atoms with Crippen molar-refractivity contribution in [2.45, 2.75) is 38.5 Å². The Hall–Kier alpha value is -2.15. The van der Waals surface area contributed by atoms with Crippen molar-refractivity contribution in [3.8, 4) is 11.1 Å². The zero-order valence-corrected chi connectivity index (χ0v) is 17.4. The Balaban J connectivity index is 1.73. The topological polar surface area (TPSA) is 66.7 Å². The molecule has 7 heteroatoms. The second-order valence-electron chi connectivity index (χ2n) is 7.45. The third-order valence-corrected chi connectivity index (χ3v) is 6.04. The number of hydrogen-bond acceptors (Lipinski definition) is 4. The van der Waals surface area contributed by atoms with Gasteiger partial charge in [0.2, 0.25) is 5.76 Å². The van der Waals surface area contributed by atoms with Crippen molar-refractivity contribution >= 4 is 27.7 Å². The van der Waals surface area contributed by atoms with E-state index in [1.807, 2.05) is 34.1 Å². The van der Waals surface area contributed by atoms with Gasteiger partial charge in [-0.25, -0.2) is 0 Å². The van der Waals surface area contributed by atoms with Gasteiger partial charge in [0.1, 0.15) is 0 Å². The van der Waals surface area contributed by atoms with Gasteiger partial charge in [-0.05, 0) is 56.2 Å². The number of piperidine rings is 2. The van der Waals surface area contributed by atoms with Crippen LogP contribution in [0.2, 0.25) is 0 Å². The summed E-state index contributed by atoms with van der Waals surface area (Å²) in [5, 5.41) is 4.08. The van der Waals surface area contributed by atoms with E-state index < -0.39 is 0 Å². The first kappa shape index (κ1) is 19.2. The van der Waals surface area contributed by atoms with Crippen LogP contribution in [0.5, 0.6) is 0 Å². The fourth-order valence-corrected chi connectivity index (χ4v) is 4.22. The van der Waals surface area contributed by atoms with Crippen molar-refractivity contribution in [1.82, 2.24) is 15.0 Å². The van der Waals surface area contributed by atoms with Crippen molar-refractivity contribution in [3.63, 3.8) is 0 Å². The molecule has 28 heavy (non-hydrogen) atoms. The van der Waals surface area contributed by atoms with E-state index in [0.717, 1.165) is 61.7 Å². The van der Waals surface area contributed by atoms with Crippen LogP contribution in [0.25, 0.3) is 11.1 Å². The Bertz CT molecular complexity index is 803. The standard InChI is InChI=1S/C21H24BrN3O3/c22-16-9-7-15(8-10-16)17-18(20(26)24-11-3-1-4-12-24)23-28-19(17)21(27)25-13-5-2-6-14-25/h7-10H,1-6,11-14H2. The lowest BCUT2D eigenvalue weighted by molar-refractivity contribution is 0.0675. The van der Waals surface area contributed by atoms with E-state index in [2.05, 4.69) is 21.1 Å². The van der Waals surface area contributed by atoms with Crippen molar-refractivity contribution in [2.24, 2.45) is 0 Å². The third kappa shape index (κ3) is 3.85. The second kappa shape index (κ2) is 8.47. The average molecular weight is 446 g/mol. The van der Waals surface area contributed by atoms with Crippen molar-refractivity contribution in [3.05, 3.63) is 40.2 Å². The molecule has 2 aliphatic heterocycles. The summed E-state index contributed by atoms with van der Waals surface area (Å²) in [5.41, 5.74) is 1.52.